The van der Waals surface area contributed by atoms with Gasteiger partial charge in [-0.1, -0.05) is 69.4 Å². The molecule has 4 nitrogen and oxygen atoms in total. The zero-order valence-corrected chi connectivity index (χ0v) is 12.4. The minimum atomic E-state index is -0.431. The normalized spacial score (nSPS) is 10.2. The molecule has 112 valence electrons. The lowest BCUT2D eigenvalue weighted by Crippen LogP contribution is -2.38. The zero-order valence-electron chi connectivity index (χ0n) is 12.4. The van der Waals surface area contributed by atoms with Crippen LogP contribution in [-0.4, -0.2) is 12.6 Å². The maximum atomic E-state index is 11.4. The van der Waals surface area contributed by atoms with Gasteiger partial charge in [-0.2, -0.15) is 0 Å². The first-order valence-corrected chi connectivity index (χ1v) is 7.52. The Hall–Kier alpha value is -1.55. The molecule has 1 rings (SSSR count). The molecule has 0 atom stereocenters. The van der Waals surface area contributed by atoms with Crippen LogP contribution in [0, 0.1) is 0 Å². The van der Waals surface area contributed by atoms with E-state index in [9.17, 15) is 4.79 Å². The van der Waals surface area contributed by atoms with E-state index in [2.05, 4.69) is 17.8 Å². The Balaban J connectivity index is 1.93. The van der Waals surface area contributed by atoms with Gasteiger partial charge in [-0.05, 0) is 12.0 Å². The fourth-order valence-electron chi connectivity index (χ4n) is 1.89. The molecule has 0 aliphatic rings. The predicted molar refractivity (Wildman–Crippen MR) is 81.1 cm³/mol. The van der Waals surface area contributed by atoms with E-state index in [1.54, 1.807) is 0 Å². The molecule has 1 amide bonds. The Morgan fingerprint density at radius 3 is 2.50 bits per heavy atom. The first-order chi connectivity index (χ1) is 9.83. The van der Waals surface area contributed by atoms with E-state index in [-0.39, 0.29) is 0 Å². The summed E-state index contributed by atoms with van der Waals surface area (Å²) in [6.45, 7) is 3.30. The molecule has 0 aliphatic carbocycles. The summed E-state index contributed by atoms with van der Waals surface area (Å²) in [7, 11) is 0. The van der Waals surface area contributed by atoms with Crippen molar-refractivity contribution in [2.75, 3.05) is 6.54 Å². The van der Waals surface area contributed by atoms with Crippen LogP contribution in [0.5, 0.6) is 0 Å². The molecule has 2 N–H and O–H groups in total. The fraction of sp³-hybridized carbons (Fsp3) is 0.562. The van der Waals surface area contributed by atoms with Crippen molar-refractivity contribution in [3.63, 3.8) is 0 Å². The average Bonchev–Trinajstić information content (AvgIpc) is 2.49. The molecule has 0 unspecified atom stereocenters. The number of rotatable bonds is 10. The highest BCUT2D eigenvalue weighted by atomic mass is 16.6. The monoisotopic (exact) mass is 278 g/mol. The van der Waals surface area contributed by atoms with Crippen molar-refractivity contribution >= 4 is 6.09 Å². The molecule has 20 heavy (non-hydrogen) atoms. The summed E-state index contributed by atoms with van der Waals surface area (Å²) < 4.78 is 5.08. The van der Waals surface area contributed by atoms with E-state index in [1.165, 1.54) is 32.1 Å². The third-order valence-corrected chi connectivity index (χ3v) is 3.06. The number of amides is 1. The van der Waals surface area contributed by atoms with Crippen LogP contribution in [0.15, 0.2) is 30.3 Å². The second kappa shape index (κ2) is 11.3. The van der Waals surface area contributed by atoms with E-state index in [0.717, 1.165) is 18.5 Å². The fourth-order valence-corrected chi connectivity index (χ4v) is 1.89. The number of carbonyl (C=O) groups excluding carboxylic acids is 1. The van der Waals surface area contributed by atoms with Crippen molar-refractivity contribution in [2.45, 2.75) is 52.1 Å². The van der Waals surface area contributed by atoms with Crippen molar-refractivity contribution in [3.8, 4) is 0 Å². The highest BCUT2D eigenvalue weighted by molar-refractivity contribution is 5.66. The predicted octanol–water partition coefficient (Wildman–Crippen LogP) is 3.78. The maximum Gasteiger partial charge on any atom is 0.421 e. The number of benzene rings is 1. The Morgan fingerprint density at radius 1 is 1.05 bits per heavy atom. The Kier molecular flexibility index (Phi) is 9.32. The second-order valence-corrected chi connectivity index (χ2v) is 4.88. The van der Waals surface area contributed by atoms with Gasteiger partial charge in [0.05, 0.1) is 0 Å². The van der Waals surface area contributed by atoms with Gasteiger partial charge in [0.2, 0.25) is 0 Å². The molecule has 0 spiro atoms. The van der Waals surface area contributed by atoms with Crippen LogP contribution in [-0.2, 0) is 11.3 Å². The van der Waals surface area contributed by atoms with Crippen LogP contribution in [0.3, 0.4) is 0 Å². The van der Waals surface area contributed by atoms with Gasteiger partial charge in [0, 0.05) is 6.54 Å². The van der Waals surface area contributed by atoms with Crippen LogP contribution < -0.4 is 10.9 Å². The average molecular weight is 278 g/mol. The van der Waals surface area contributed by atoms with Gasteiger partial charge in [0.15, 0.2) is 0 Å². The Labute approximate surface area is 121 Å². The van der Waals surface area contributed by atoms with E-state index in [0.29, 0.717) is 6.61 Å². The maximum absolute atomic E-state index is 11.4. The van der Waals surface area contributed by atoms with Gasteiger partial charge in [-0.15, -0.1) is 0 Å². The molecule has 0 bridgehead atoms. The van der Waals surface area contributed by atoms with Crippen LogP contribution in [0.4, 0.5) is 4.79 Å². The third kappa shape index (κ3) is 8.53. The lowest BCUT2D eigenvalue weighted by atomic mass is 10.1. The standard InChI is InChI=1S/C16H26N2O2/c1-2-3-4-5-6-10-13-17-18-16(19)20-14-15-11-8-7-9-12-15/h7-9,11-12,17H,2-6,10,13-14H2,1H3,(H,18,19). The first kappa shape index (κ1) is 16.5. The highest BCUT2D eigenvalue weighted by Gasteiger charge is 2.00. The number of hydrazine groups is 1. The Morgan fingerprint density at radius 2 is 1.75 bits per heavy atom. The SMILES string of the molecule is CCCCCCCCNNC(=O)OCc1ccccc1. The number of carbonyl (C=O) groups is 1. The molecular weight excluding hydrogens is 252 g/mol. The van der Waals surface area contributed by atoms with E-state index in [4.69, 9.17) is 4.74 Å². The third-order valence-electron chi connectivity index (χ3n) is 3.06. The van der Waals surface area contributed by atoms with E-state index in [1.807, 2.05) is 30.3 Å². The summed E-state index contributed by atoms with van der Waals surface area (Å²) in [5.74, 6) is 0. The molecule has 0 heterocycles. The molecule has 0 fully saturated rings. The van der Waals surface area contributed by atoms with Crippen LogP contribution in [0.2, 0.25) is 0 Å². The Bertz CT molecular complexity index is 355. The molecule has 0 radical (unpaired) electrons. The number of hydrogen-bond acceptors (Lipinski definition) is 3. The number of unbranched alkanes of at least 4 members (excludes halogenated alkanes) is 5. The van der Waals surface area contributed by atoms with Gasteiger partial charge in [0.1, 0.15) is 6.61 Å². The second-order valence-electron chi connectivity index (χ2n) is 4.88. The van der Waals surface area contributed by atoms with Crippen molar-refractivity contribution in [1.29, 1.82) is 0 Å². The van der Waals surface area contributed by atoms with Crippen LogP contribution in [0.25, 0.3) is 0 Å². The van der Waals surface area contributed by atoms with Crippen molar-refractivity contribution in [3.05, 3.63) is 35.9 Å². The summed E-state index contributed by atoms with van der Waals surface area (Å²) in [4.78, 5) is 11.4. The smallest absolute Gasteiger partial charge is 0.421 e. The molecule has 4 heteroatoms. The van der Waals surface area contributed by atoms with Crippen LogP contribution in [0.1, 0.15) is 51.0 Å². The largest absolute Gasteiger partial charge is 0.444 e. The van der Waals surface area contributed by atoms with E-state index >= 15 is 0 Å². The van der Waals surface area contributed by atoms with E-state index < -0.39 is 6.09 Å². The zero-order chi connectivity index (χ0) is 14.5. The molecular formula is C16H26N2O2. The van der Waals surface area contributed by atoms with Gasteiger partial charge >= 0.3 is 6.09 Å². The highest BCUT2D eigenvalue weighted by Crippen LogP contribution is 2.04. The molecule has 0 aliphatic heterocycles. The number of nitrogens with one attached hydrogen (secondary N) is 2. The first-order valence-electron chi connectivity index (χ1n) is 7.52. The molecule has 0 saturated carbocycles. The minimum absolute atomic E-state index is 0.297. The van der Waals surface area contributed by atoms with Crippen molar-refractivity contribution in [1.82, 2.24) is 10.9 Å². The van der Waals surface area contributed by atoms with Gasteiger partial charge in [-0.25, -0.2) is 10.2 Å². The number of ether oxygens (including phenoxy) is 1. The quantitative estimate of drug-likeness (QED) is 0.506. The summed E-state index contributed by atoms with van der Waals surface area (Å²) >= 11 is 0. The summed E-state index contributed by atoms with van der Waals surface area (Å²) in [5.41, 5.74) is 6.42. The van der Waals surface area contributed by atoms with Crippen molar-refractivity contribution < 1.29 is 9.53 Å². The number of hydrogen-bond donors (Lipinski definition) is 2. The van der Waals surface area contributed by atoms with Gasteiger partial charge < -0.3 is 4.74 Å². The van der Waals surface area contributed by atoms with Gasteiger partial charge in [0.25, 0.3) is 0 Å². The lowest BCUT2D eigenvalue weighted by Gasteiger charge is -2.08. The minimum Gasteiger partial charge on any atom is -0.444 e. The summed E-state index contributed by atoms with van der Waals surface area (Å²) in [5, 5.41) is 0. The molecule has 0 saturated heterocycles. The lowest BCUT2D eigenvalue weighted by molar-refractivity contribution is 0.135. The molecule has 0 aromatic heterocycles. The van der Waals surface area contributed by atoms with Crippen LogP contribution >= 0.6 is 0 Å². The molecule has 1 aromatic carbocycles. The summed E-state index contributed by atoms with van der Waals surface area (Å²) in [6, 6.07) is 9.64. The summed E-state index contributed by atoms with van der Waals surface area (Å²) in [6.07, 6.45) is 7.01. The molecule has 1 aromatic rings. The van der Waals surface area contributed by atoms with Crippen molar-refractivity contribution in [2.24, 2.45) is 0 Å². The van der Waals surface area contributed by atoms with Gasteiger partial charge in [-0.3, -0.25) is 5.43 Å². The topological polar surface area (TPSA) is 50.4 Å².